The van der Waals surface area contributed by atoms with Crippen LogP contribution in [0.25, 0.3) is 0 Å². The van der Waals surface area contributed by atoms with Crippen LogP contribution in [0.4, 0.5) is 10.1 Å². The zero-order chi connectivity index (χ0) is 14.5. The number of nitrogens with one attached hydrogen (secondary N) is 1. The second-order valence-corrected chi connectivity index (χ2v) is 4.43. The second kappa shape index (κ2) is 6.17. The van der Waals surface area contributed by atoms with Crippen molar-refractivity contribution in [2.45, 2.75) is 19.5 Å². The van der Waals surface area contributed by atoms with Crippen LogP contribution in [0.1, 0.15) is 24.1 Å². The van der Waals surface area contributed by atoms with Crippen molar-refractivity contribution in [1.82, 2.24) is 9.78 Å². The van der Waals surface area contributed by atoms with Crippen LogP contribution in [0.15, 0.2) is 30.6 Å². The van der Waals surface area contributed by atoms with Gasteiger partial charge in [0.05, 0.1) is 30.6 Å². The van der Waals surface area contributed by atoms with Crippen LogP contribution in [-0.4, -0.2) is 21.5 Å². The molecule has 1 atom stereocenters. The van der Waals surface area contributed by atoms with Gasteiger partial charge in [-0.2, -0.15) is 10.4 Å². The van der Waals surface area contributed by atoms with E-state index in [9.17, 15) is 4.39 Å². The molecule has 6 heteroatoms. The van der Waals surface area contributed by atoms with Crippen molar-refractivity contribution in [2.75, 3.05) is 11.9 Å². The van der Waals surface area contributed by atoms with E-state index in [1.54, 1.807) is 29.2 Å². The minimum atomic E-state index is -0.519. The summed E-state index contributed by atoms with van der Waals surface area (Å²) in [5, 5.41) is 24.8. The quantitative estimate of drug-likeness (QED) is 0.875. The van der Waals surface area contributed by atoms with Crippen molar-refractivity contribution in [2.24, 2.45) is 0 Å². The number of hydrogen-bond acceptors (Lipinski definition) is 4. The molecule has 0 fully saturated rings. The van der Waals surface area contributed by atoms with Gasteiger partial charge in [-0.25, -0.2) is 4.39 Å². The number of benzene rings is 1. The first kappa shape index (κ1) is 14.0. The maximum absolute atomic E-state index is 13.6. The fourth-order valence-electron chi connectivity index (χ4n) is 1.89. The first-order chi connectivity index (χ1) is 9.63. The highest BCUT2D eigenvalue weighted by Crippen LogP contribution is 2.20. The Balaban J connectivity index is 2.09. The lowest BCUT2D eigenvalue weighted by atomic mass is 10.1. The third-order valence-corrected chi connectivity index (χ3v) is 2.96. The van der Waals surface area contributed by atoms with Crippen molar-refractivity contribution >= 4 is 5.69 Å². The van der Waals surface area contributed by atoms with Crippen molar-refractivity contribution in [3.8, 4) is 6.07 Å². The van der Waals surface area contributed by atoms with Gasteiger partial charge in [-0.3, -0.25) is 4.68 Å². The fourth-order valence-corrected chi connectivity index (χ4v) is 1.89. The molecule has 2 aromatic rings. The largest absolute Gasteiger partial charge is 0.394 e. The molecule has 0 spiro atoms. The molecule has 5 nitrogen and oxygen atoms in total. The van der Waals surface area contributed by atoms with E-state index < -0.39 is 5.82 Å². The summed E-state index contributed by atoms with van der Waals surface area (Å²) in [6.07, 6.45) is 3.42. The number of nitriles is 1. The lowest BCUT2D eigenvalue weighted by Crippen LogP contribution is -2.07. The Kier molecular flexibility index (Phi) is 4.33. The van der Waals surface area contributed by atoms with Crippen LogP contribution in [0.2, 0.25) is 0 Å². The van der Waals surface area contributed by atoms with Gasteiger partial charge in [0.15, 0.2) is 0 Å². The summed E-state index contributed by atoms with van der Waals surface area (Å²) in [6.45, 7) is 2.35. The number of aromatic nitrogens is 2. The minimum Gasteiger partial charge on any atom is -0.394 e. The zero-order valence-electron chi connectivity index (χ0n) is 11.0. The standard InChI is InChI=1S/C14H15FN4O/c1-10(11-2-3-12(7-16)14(15)6-11)18-13-8-17-19(9-13)4-5-20/h2-3,6,8-10,18,20H,4-5H2,1H3. The summed E-state index contributed by atoms with van der Waals surface area (Å²) < 4.78 is 15.2. The molecule has 0 saturated carbocycles. The van der Waals surface area contributed by atoms with Crippen LogP contribution < -0.4 is 5.32 Å². The smallest absolute Gasteiger partial charge is 0.141 e. The highest BCUT2D eigenvalue weighted by molar-refractivity contribution is 5.43. The Morgan fingerprint density at radius 1 is 1.55 bits per heavy atom. The average molecular weight is 274 g/mol. The van der Waals surface area contributed by atoms with Gasteiger partial charge in [-0.05, 0) is 24.6 Å². The van der Waals surface area contributed by atoms with Gasteiger partial charge >= 0.3 is 0 Å². The summed E-state index contributed by atoms with van der Waals surface area (Å²) in [6, 6.07) is 6.22. The summed E-state index contributed by atoms with van der Waals surface area (Å²) >= 11 is 0. The first-order valence-electron chi connectivity index (χ1n) is 6.23. The van der Waals surface area contributed by atoms with Crippen molar-refractivity contribution in [3.05, 3.63) is 47.5 Å². The maximum Gasteiger partial charge on any atom is 0.141 e. The molecule has 0 saturated heterocycles. The van der Waals surface area contributed by atoms with Gasteiger partial charge < -0.3 is 10.4 Å². The lowest BCUT2D eigenvalue weighted by Gasteiger charge is -2.14. The Morgan fingerprint density at radius 2 is 2.35 bits per heavy atom. The molecule has 0 aliphatic carbocycles. The fraction of sp³-hybridized carbons (Fsp3) is 0.286. The molecule has 1 unspecified atom stereocenters. The number of hydrogen-bond donors (Lipinski definition) is 2. The molecule has 0 bridgehead atoms. The van der Waals surface area contributed by atoms with E-state index in [0.29, 0.717) is 6.54 Å². The van der Waals surface area contributed by atoms with E-state index in [-0.39, 0.29) is 18.2 Å². The summed E-state index contributed by atoms with van der Waals surface area (Å²) in [5.74, 6) is -0.519. The predicted molar refractivity (Wildman–Crippen MR) is 72.5 cm³/mol. The summed E-state index contributed by atoms with van der Waals surface area (Å²) in [7, 11) is 0. The van der Waals surface area contributed by atoms with Crippen molar-refractivity contribution in [1.29, 1.82) is 5.26 Å². The Hall–Kier alpha value is -2.39. The van der Waals surface area contributed by atoms with Crippen LogP contribution in [0, 0.1) is 17.1 Å². The Labute approximate surface area is 116 Å². The Morgan fingerprint density at radius 3 is 3.00 bits per heavy atom. The average Bonchev–Trinajstić information content (AvgIpc) is 2.86. The number of anilines is 1. The molecular weight excluding hydrogens is 259 g/mol. The first-order valence-corrected chi connectivity index (χ1v) is 6.23. The van der Waals surface area contributed by atoms with Gasteiger partial charge in [0.2, 0.25) is 0 Å². The zero-order valence-corrected chi connectivity index (χ0v) is 11.0. The van der Waals surface area contributed by atoms with Gasteiger partial charge in [0.25, 0.3) is 0 Å². The number of halogens is 1. The molecule has 1 aromatic carbocycles. The third-order valence-electron chi connectivity index (χ3n) is 2.96. The molecule has 0 aliphatic rings. The van der Waals surface area contributed by atoms with Crippen LogP contribution in [0.5, 0.6) is 0 Å². The Bertz CT molecular complexity index is 632. The van der Waals surface area contributed by atoms with E-state index >= 15 is 0 Å². The molecule has 0 radical (unpaired) electrons. The number of aliphatic hydroxyl groups is 1. The van der Waals surface area contributed by atoms with Gasteiger partial charge in [-0.15, -0.1) is 0 Å². The van der Waals surface area contributed by atoms with Gasteiger partial charge in [0, 0.05) is 12.2 Å². The highest BCUT2D eigenvalue weighted by atomic mass is 19.1. The van der Waals surface area contributed by atoms with Gasteiger partial charge in [0.1, 0.15) is 11.9 Å². The molecular formula is C14H15FN4O. The van der Waals surface area contributed by atoms with E-state index in [0.717, 1.165) is 11.3 Å². The maximum atomic E-state index is 13.6. The minimum absolute atomic E-state index is 0.0253. The SMILES string of the molecule is CC(Nc1cnn(CCO)c1)c1ccc(C#N)c(F)c1. The normalized spacial score (nSPS) is 11.9. The number of nitrogens with zero attached hydrogens (tertiary/aromatic N) is 3. The monoisotopic (exact) mass is 274 g/mol. The molecule has 104 valence electrons. The molecule has 1 heterocycles. The molecule has 20 heavy (non-hydrogen) atoms. The molecule has 2 N–H and O–H groups in total. The molecule has 1 aromatic heterocycles. The van der Waals surface area contributed by atoms with E-state index in [1.165, 1.54) is 12.1 Å². The second-order valence-electron chi connectivity index (χ2n) is 4.43. The molecule has 0 aliphatic heterocycles. The topological polar surface area (TPSA) is 73.9 Å². The number of rotatable bonds is 5. The molecule has 2 rings (SSSR count). The summed E-state index contributed by atoms with van der Waals surface area (Å²) in [4.78, 5) is 0. The summed E-state index contributed by atoms with van der Waals surface area (Å²) in [5.41, 5.74) is 1.57. The van der Waals surface area contributed by atoms with E-state index in [4.69, 9.17) is 10.4 Å². The lowest BCUT2D eigenvalue weighted by molar-refractivity contribution is 0.269. The van der Waals surface area contributed by atoms with E-state index in [1.807, 2.05) is 6.92 Å². The van der Waals surface area contributed by atoms with E-state index in [2.05, 4.69) is 10.4 Å². The third kappa shape index (κ3) is 3.13. The number of aliphatic hydroxyl groups excluding tert-OH is 1. The predicted octanol–water partition coefficient (Wildman–Crippen LogP) is 2.06. The van der Waals surface area contributed by atoms with Crippen molar-refractivity contribution < 1.29 is 9.50 Å². The van der Waals surface area contributed by atoms with Gasteiger partial charge in [-0.1, -0.05) is 6.07 Å². The van der Waals surface area contributed by atoms with Crippen LogP contribution in [0.3, 0.4) is 0 Å². The van der Waals surface area contributed by atoms with Crippen LogP contribution >= 0.6 is 0 Å². The van der Waals surface area contributed by atoms with Crippen molar-refractivity contribution in [3.63, 3.8) is 0 Å². The highest BCUT2D eigenvalue weighted by Gasteiger charge is 2.10. The molecule has 0 amide bonds. The van der Waals surface area contributed by atoms with Crippen LogP contribution in [-0.2, 0) is 6.54 Å².